The van der Waals surface area contributed by atoms with Crippen LogP contribution in [0.1, 0.15) is 37.0 Å². The van der Waals surface area contributed by atoms with Gasteiger partial charge in [0.25, 0.3) is 0 Å². The fourth-order valence-corrected chi connectivity index (χ4v) is 6.68. The van der Waals surface area contributed by atoms with E-state index < -0.39 is 0 Å². The molecular weight excluding hydrogens is 780 g/mol. The summed E-state index contributed by atoms with van der Waals surface area (Å²) >= 11 is 1.70. The van der Waals surface area contributed by atoms with Crippen LogP contribution >= 0.6 is 11.8 Å². The molecule has 4 aromatic carbocycles. The van der Waals surface area contributed by atoms with Gasteiger partial charge in [0.1, 0.15) is 5.82 Å². The topological polar surface area (TPSA) is 44.9 Å². The Morgan fingerprint density at radius 3 is 2.45 bits per heavy atom. The summed E-state index contributed by atoms with van der Waals surface area (Å²) in [4.78, 5) is 5.87. The molecule has 0 spiro atoms. The van der Waals surface area contributed by atoms with Gasteiger partial charge in [-0.2, -0.15) is 17.2 Å². The van der Waals surface area contributed by atoms with Crippen molar-refractivity contribution in [2.75, 3.05) is 6.26 Å². The molecule has 0 amide bonds. The van der Waals surface area contributed by atoms with Crippen LogP contribution in [-0.4, -0.2) is 25.6 Å². The molecule has 0 aliphatic heterocycles. The number of rotatable bonds is 9. The number of nitrogens with zero attached hydrogens (tertiary/aromatic N) is 4. The van der Waals surface area contributed by atoms with Crippen LogP contribution in [0.25, 0.3) is 44.4 Å². The van der Waals surface area contributed by atoms with Gasteiger partial charge in [-0.15, -0.1) is 47.5 Å². The fourth-order valence-electron chi connectivity index (χ4n) is 6.26. The monoisotopic (exact) mass is 815 g/mol. The van der Waals surface area contributed by atoms with E-state index in [1.807, 2.05) is 47.4 Å². The van der Waals surface area contributed by atoms with E-state index in [1.54, 1.807) is 11.8 Å². The zero-order valence-electron chi connectivity index (χ0n) is 27.2. The minimum Gasteiger partial charge on any atom is -0.509 e. The maximum atomic E-state index is 6.37. The first-order chi connectivity index (χ1) is 22.4. The maximum Gasteiger partial charge on any atom is 2.00 e. The number of thioether (sulfide) groups is 1. The molecule has 3 heterocycles. The average molecular weight is 816 g/mol. The molecule has 0 saturated carbocycles. The van der Waals surface area contributed by atoms with Crippen LogP contribution in [0.3, 0.4) is 0 Å². The van der Waals surface area contributed by atoms with Gasteiger partial charge in [-0.1, -0.05) is 49.7 Å². The van der Waals surface area contributed by atoms with E-state index in [-0.39, 0.29) is 21.1 Å². The molecule has 0 bridgehead atoms. The van der Waals surface area contributed by atoms with Crippen molar-refractivity contribution in [2.45, 2.75) is 45.4 Å². The molecule has 0 radical (unpaired) electrons. The van der Waals surface area contributed by atoms with Crippen molar-refractivity contribution in [1.29, 1.82) is 0 Å². The van der Waals surface area contributed by atoms with Gasteiger partial charge in [0.15, 0.2) is 0 Å². The Bertz CT molecular complexity index is 2180. The second-order valence-corrected chi connectivity index (χ2v) is 13.1. The molecule has 238 valence electrons. The first kappa shape index (κ1) is 32.8. The zero-order valence-corrected chi connectivity index (χ0v) is 30.2. The predicted molar refractivity (Wildman–Crippen MR) is 190 cm³/mol. The number of ether oxygens (including phenoxy) is 1. The van der Waals surface area contributed by atoms with Gasteiger partial charge in [-0.25, -0.2) is 4.98 Å². The van der Waals surface area contributed by atoms with Crippen molar-refractivity contribution in [3.8, 4) is 34.1 Å². The van der Waals surface area contributed by atoms with E-state index >= 15 is 0 Å². The van der Waals surface area contributed by atoms with Crippen LogP contribution in [0.5, 0.6) is 11.5 Å². The molecule has 0 saturated heterocycles. The summed E-state index contributed by atoms with van der Waals surface area (Å²) < 4.78 is 10.4. The largest absolute Gasteiger partial charge is 2.00 e. The standard InChI is InChI=1S/C40H36N4OS.Pt/c1-26(2)13-14-29-19-27(3)40(28(4)20-29)30-24-42-43(25-30)31-9-8-10-32(21-31)45-33-15-16-36-35-11-6-7-12-37(35)44(38(36)22-33)39-23-34(46-5)17-18-41-39;/h6-12,15-20,23-26H,13-14H2,1-5H3;/q-2;+2. The third-order valence-electron chi connectivity index (χ3n) is 8.43. The fraction of sp³-hybridized carbons (Fsp3) is 0.200. The average Bonchev–Trinajstić information content (AvgIpc) is 3.67. The first-order valence-corrected chi connectivity index (χ1v) is 16.9. The summed E-state index contributed by atoms with van der Waals surface area (Å²) in [5.41, 5.74) is 9.09. The minimum absolute atomic E-state index is 0. The molecule has 47 heavy (non-hydrogen) atoms. The number of hydrogen-bond acceptors (Lipinski definition) is 4. The molecule has 3 aromatic heterocycles. The Morgan fingerprint density at radius 2 is 1.66 bits per heavy atom. The van der Waals surface area contributed by atoms with E-state index in [4.69, 9.17) is 14.8 Å². The maximum absolute atomic E-state index is 6.37. The number of hydrogen-bond donors (Lipinski definition) is 0. The molecule has 0 fully saturated rings. The number of benzene rings is 4. The molecule has 7 heteroatoms. The van der Waals surface area contributed by atoms with Gasteiger partial charge < -0.3 is 9.30 Å². The van der Waals surface area contributed by atoms with Crippen molar-refractivity contribution in [3.05, 3.63) is 126 Å². The van der Waals surface area contributed by atoms with Crippen LogP contribution in [0.2, 0.25) is 0 Å². The van der Waals surface area contributed by atoms with Gasteiger partial charge in [-0.05, 0) is 90.4 Å². The Balaban J connectivity index is 0.00000386. The van der Waals surface area contributed by atoms with Gasteiger partial charge >= 0.3 is 21.1 Å². The van der Waals surface area contributed by atoms with Gasteiger partial charge in [0, 0.05) is 39.9 Å². The third-order valence-corrected chi connectivity index (χ3v) is 9.16. The number of aromatic nitrogens is 4. The number of fused-ring (bicyclic) bond motifs is 3. The quantitative estimate of drug-likeness (QED) is 0.108. The van der Waals surface area contributed by atoms with E-state index in [0.717, 1.165) is 50.2 Å². The van der Waals surface area contributed by atoms with Crippen molar-refractivity contribution in [3.63, 3.8) is 0 Å². The molecule has 0 unspecified atom stereocenters. The summed E-state index contributed by atoms with van der Waals surface area (Å²) in [7, 11) is 0. The van der Waals surface area contributed by atoms with E-state index in [9.17, 15) is 0 Å². The van der Waals surface area contributed by atoms with E-state index in [0.29, 0.717) is 17.4 Å². The van der Waals surface area contributed by atoms with Crippen LogP contribution in [0, 0.1) is 31.9 Å². The van der Waals surface area contributed by atoms with Crippen LogP contribution in [0.15, 0.2) is 102 Å². The van der Waals surface area contributed by atoms with Crippen molar-refractivity contribution in [1.82, 2.24) is 19.3 Å². The summed E-state index contributed by atoms with van der Waals surface area (Å²) in [6.45, 7) is 8.95. The molecule has 0 aliphatic carbocycles. The second kappa shape index (κ2) is 13.9. The Morgan fingerprint density at radius 1 is 0.872 bits per heavy atom. The first-order valence-electron chi connectivity index (χ1n) is 15.7. The second-order valence-electron chi connectivity index (χ2n) is 12.2. The molecular formula is C40H36N4OPtS. The summed E-state index contributed by atoms with van der Waals surface area (Å²) in [5, 5.41) is 6.96. The molecule has 0 N–H and O–H groups in total. The van der Waals surface area contributed by atoms with Crippen molar-refractivity contribution >= 4 is 33.6 Å². The van der Waals surface area contributed by atoms with Crippen LogP contribution in [-0.2, 0) is 27.5 Å². The Labute approximate surface area is 295 Å². The number of pyridine rings is 1. The molecule has 5 nitrogen and oxygen atoms in total. The van der Waals surface area contributed by atoms with Crippen molar-refractivity contribution < 1.29 is 25.8 Å². The van der Waals surface area contributed by atoms with E-state index in [1.165, 1.54) is 28.7 Å². The minimum atomic E-state index is 0. The summed E-state index contributed by atoms with van der Waals surface area (Å²) in [6.07, 6.45) is 10.2. The van der Waals surface area contributed by atoms with Crippen LogP contribution in [0.4, 0.5) is 0 Å². The summed E-state index contributed by atoms with van der Waals surface area (Å²) in [6, 6.07) is 34.1. The van der Waals surface area contributed by atoms with Crippen LogP contribution < -0.4 is 4.74 Å². The predicted octanol–water partition coefficient (Wildman–Crippen LogP) is 10.3. The zero-order chi connectivity index (χ0) is 31.8. The third kappa shape index (κ3) is 6.68. The molecule has 7 rings (SSSR count). The molecule has 7 aromatic rings. The van der Waals surface area contributed by atoms with Crippen molar-refractivity contribution in [2.24, 2.45) is 5.92 Å². The Hall–Kier alpha value is -4.12. The SMILES string of the molecule is CSc1ccnc(-n2c3[c-]c(Oc4[c-]c(-n5cc(-c6c(C)cc(CCC(C)C)cc6C)cn5)ccc4)ccc3c3ccccc32)c1.[Pt+2]. The van der Waals surface area contributed by atoms with Gasteiger partial charge in [0.05, 0.1) is 6.20 Å². The normalized spacial score (nSPS) is 11.4. The van der Waals surface area contributed by atoms with E-state index in [2.05, 4.69) is 105 Å². The number of para-hydroxylation sites is 1. The molecule has 0 aliphatic rings. The van der Waals surface area contributed by atoms with Gasteiger partial charge in [-0.3, -0.25) is 4.68 Å². The number of aryl methyl sites for hydroxylation is 3. The smallest absolute Gasteiger partial charge is 0.509 e. The molecule has 0 atom stereocenters. The Kier molecular flexibility index (Phi) is 9.72. The summed E-state index contributed by atoms with van der Waals surface area (Å²) in [5.74, 6) is 2.75. The van der Waals surface area contributed by atoms with Gasteiger partial charge in [0.2, 0.25) is 0 Å².